The number of nitrogens with one attached hydrogen (secondary N) is 1. The van der Waals surface area contributed by atoms with Crippen molar-refractivity contribution in [3.63, 3.8) is 0 Å². The molecule has 0 radical (unpaired) electrons. The summed E-state index contributed by atoms with van der Waals surface area (Å²) < 4.78 is 0. The van der Waals surface area contributed by atoms with Gasteiger partial charge in [0, 0.05) is 29.2 Å². The normalized spacial score (nSPS) is 26.5. The van der Waals surface area contributed by atoms with Crippen molar-refractivity contribution in [1.29, 1.82) is 0 Å². The van der Waals surface area contributed by atoms with Gasteiger partial charge in [0.1, 0.15) is 0 Å². The molecule has 1 aromatic heterocycles. The van der Waals surface area contributed by atoms with E-state index in [1.807, 2.05) is 24.6 Å². The molecule has 0 saturated carbocycles. The van der Waals surface area contributed by atoms with Gasteiger partial charge in [-0.15, -0.1) is 11.3 Å². The molecule has 0 aromatic carbocycles. The van der Waals surface area contributed by atoms with Crippen LogP contribution >= 0.6 is 11.3 Å². The molecule has 17 heavy (non-hydrogen) atoms. The monoisotopic (exact) mass is 253 g/mol. The minimum atomic E-state index is 0.402. The highest BCUT2D eigenvalue weighted by molar-refractivity contribution is 7.15. The van der Waals surface area contributed by atoms with Gasteiger partial charge in [-0.05, 0) is 40.2 Å². The van der Waals surface area contributed by atoms with Gasteiger partial charge < -0.3 is 10.2 Å². The SMILES string of the molecule is CCC1CCC(C)N1c1ncc(C(C)NC)s1. The Morgan fingerprint density at radius 1 is 1.59 bits per heavy atom. The molecule has 0 aliphatic carbocycles. The second-order valence-electron chi connectivity index (χ2n) is 4.95. The fourth-order valence-corrected chi connectivity index (χ4v) is 3.71. The first-order valence-electron chi connectivity index (χ1n) is 6.58. The lowest BCUT2D eigenvalue weighted by atomic mass is 10.2. The third-order valence-electron chi connectivity index (χ3n) is 3.85. The lowest BCUT2D eigenvalue weighted by Gasteiger charge is -2.27. The summed E-state index contributed by atoms with van der Waals surface area (Å²) in [5.74, 6) is 0. The molecule has 1 N–H and O–H groups in total. The highest BCUT2D eigenvalue weighted by Gasteiger charge is 2.31. The van der Waals surface area contributed by atoms with Crippen molar-refractivity contribution in [2.24, 2.45) is 0 Å². The Morgan fingerprint density at radius 2 is 2.35 bits per heavy atom. The van der Waals surface area contributed by atoms with Gasteiger partial charge >= 0.3 is 0 Å². The zero-order valence-corrected chi connectivity index (χ0v) is 12.0. The molecule has 1 aromatic rings. The molecule has 1 aliphatic heterocycles. The molecule has 2 rings (SSSR count). The summed E-state index contributed by atoms with van der Waals surface area (Å²) in [7, 11) is 2.00. The van der Waals surface area contributed by atoms with Crippen LogP contribution < -0.4 is 10.2 Å². The third kappa shape index (κ3) is 2.47. The molecule has 0 amide bonds. The van der Waals surface area contributed by atoms with E-state index < -0.39 is 0 Å². The second kappa shape index (κ2) is 5.36. The number of hydrogen-bond acceptors (Lipinski definition) is 4. The van der Waals surface area contributed by atoms with Crippen LogP contribution in [0.15, 0.2) is 6.20 Å². The highest BCUT2D eigenvalue weighted by atomic mass is 32.1. The fraction of sp³-hybridized carbons (Fsp3) is 0.769. The number of rotatable bonds is 4. The average molecular weight is 253 g/mol. The number of anilines is 1. The fourth-order valence-electron chi connectivity index (χ4n) is 2.56. The Bertz CT molecular complexity index is 363. The smallest absolute Gasteiger partial charge is 0.186 e. The van der Waals surface area contributed by atoms with Gasteiger partial charge in [0.25, 0.3) is 0 Å². The quantitative estimate of drug-likeness (QED) is 0.893. The Labute approximate surface area is 108 Å². The van der Waals surface area contributed by atoms with E-state index in [4.69, 9.17) is 0 Å². The first-order valence-corrected chi connectivity index (χ1v) is 7.40. The molecule has 0 spiro atoms. The molecule has 4 heteroatoms. The van der Waals surface area contributed by atoms with E-state index >= 15 is 0 Å². The van der Waals surface area contributed by atoms with Crippen molar-refractivity contribution in [1.82, 2.24) is 10.3 Å². The molecule has 96 valence electrons. The zero-order chi connectivity index (χ0) is 12.4. The van der Waals surface area contributed by atoms with Gasteiger partial charge in [0.2, 0.25) is 0 Å². The van der Waals surface area contributed by atoms with Crippen LogP contribution in [0.1, 0.15) is 51.0 Å². The predicted octanol–water partition coefficient (Wildman–Crippen LogP) is 3.19. The van der Waals surface area contributed by atoms with Crippen molar-refractivity contribution in [3.05, 3.63) is 11.1 Å². The van der Waals surface area contributed by atoms with Gasteiger partial charge in [-0.2, -0.15) is 0 Å². The minimum Gasteiger partial charge on any atom is -0.342 e. The van der Waals surface area contributed by atoms with Gasteiger partial charge in [-0.3, -0.25) is 0 Å². The maximum absolute atomic E-state index is 4.62. The van der Waals surface area contributed by atoms with Crippen LogP contribution in [0.5, 0.6) is 0 Å². The number of hydrogen-bond donors (Lipinski definition) is 1. The molecular weight excluding hydrogens is 230 g/mol. The van der Waals surface area contributed by atoms with Gasteiger partial charge in [0.05, 0.1) is 0 Å². The van der Waals surface area contributed by atoms with Crippen molar-refractivity contribution in [3.8, 4) is 0 Å². The summed E-state index contributed by atoms with van der Waals surface area (Å²) >= 11 is 1.84. The predicted molar refractivity (Wildman–Crippen MR) is 74.8 cm³/mol. The van der Waals surface area contributed by atoms with Crippen LogP contribution in [0, 0.1) is 0 Å². The van der Waals surface area contributed by atoms with Crippen LogP contribution in [0.2, 0.25) is 0 Å². The Balaban J connectivity index is 2.18. The van der Waals surface area contributed by atoms with Crippen LogP contribution in [0.3, 0.4) is 0 Å². The average Bonchev–Trinajstić information content (AvgIpc) is 2.93. The van der Waals surface area contributed by atoms with Crippen LogP contribution in [0.4, 0.5) is 5.13 Å². The van der Waals surface area contributed by atoms with E-state index in [-0.39, 0.29) is 0 Å². The van der Waals surface area contributed by atoms with E-state index in [9.17, 15) is 0 Å². The number of aromatic nitrogens is 1. The Morgan fingerprint density at radius 3 is 3.00 bits per heavy atom. The van der Waals surface area contributed by atoms with Crippen LogP contribution in [-0.2, 0) is 0 Å². The molecule has 1 fully saturated rings. The van der Waals surface area contributed by atoms with Crippen molar-refractivity contribution in [2.75, 3.05) is 11.9 Å². The highest BCUT2D eigenvalue weighted by Crippen LogP contribution is 2.35. The largest absolute Gasteiger partial charge is 0.342 e. The van der Waals surface area contributed by atoms with Gasteiger partial charge in [-0.1, -0.05) is 6.92 Å². The van der Waals surface area contributed by atoms with E-state index in [0.717, 1.165) is 0 Å². The first kappa shape index (κ1) is 12.8. The Kier molecular flexibility index (Phi) is 4.05. The van der Waals surface area contributed by atoms with E-state index in [2.05, 4.69) is 36.0 Å². The van der Waals surface area contributed by atoms with E-state index in [1.165, 1.54) is 29.3 Å². The van der Waals surface area contributed by atoms with Crippen molar-refractivity contribution < 1.29 is 0 Å². The first-order chi connectivity index (χ1) is 8.17. The Hall–Kier alpha value is -0.610. The topological polar surface area (TPSA) is 28.2 Å². The maximum atomic E-state index is 4.62. The van der Waals surface area contributed by atoms with Crippen molar-refractivity contribution in [2.45, 2.75) is 58.2 Å². The zero-order valence-electron chi connectivity index (χ0n) is 11.2. The summed E-state index contributed by atoms with van der Waals surface area (Å²) in [6.45, 7) is 6.78. The summed E-state index contributed by atoms with van der Waals surface area (Å²) in [5, 5.41) is 4.48. The summed E-state index contributed by atoms with van der Waals surface area (Å²) in [6, 6.07) is 1.73. The van der Waals surface area contributed by atoms with Gasteiger partial charge in [-0.25, -0.2) is 4.98 Å². The molecule has 1 saturated heterocycles. The van der Waals surface area contributed by atoms with E-state index in [1.54, 1.807) is 0 Å². The molecule has 3 unspecified atom stereocenters. The minimum absolute atomic E-state index is 0.402. The van der Waals surface area contributed by atoms with Gasteiger partial charge in [0.15, 0.2) is 5.13 Å². The molecule has 3 atom stereocenters. The summed E-state index contributed by atoms with van der Waals surface area (Å²) in [6.07, 6.45) is 5.86. The standard InChI is InChI=1S/C13H23N3S/c1-5-11-7-6-9(2)16(11)13-15-8-12(17-13)10(3)14-4/h8-11,14H,5-7H2,1-4H3. The molecular formula is C13H23N3S. The third-order valence-corrected chi connectivity index (χ3v) is 5.04. The van der Waals surface area contributed by atoms with Crippen LogP contribution in [-0.4, -0.2) is 24.1 Å². The van der Waals surface area contributed by atoms with Crippen LogP contribution in [0.25, 0.3) is 0 Å². The number of nitrogens with zero attached hydrogens (tertiary/aromatic N) is 2. The second-order valence-corrected chi connectivity index (χ2v) is 5.99. The lowest BCUT2D eigenvalue weighted by molar-refractivity contribution is 0.626. The maximum Gasteiger partial charge on any atom is 0.186 e. The summed E-state index contributed by atoms with van der Waals surface area (Å²) in [4.78, 5) is 8.47. The number of thiazole rings is 1. The van der Waals surface area contributed by atoms with Crippen molar-refractivity contribution >= 4 is 16.5 Å². The lowest BCUT2D eigenvalue weighted by Crippen LogP contribution is -2.33. The summed E-state index contributed by atoms with van der Waals surface area (Å²) in [5.41, 5.74) is 0. The molecule has 3 nitrogen and oxygen atoms in total. The molecule has 2 heterocycles. The molecule has 1 aliphatic rings. The molecule has 0 bridgehead atoms. The van der Waals surface area contributed by atoms with E-state index in [0.29, 0.717) is 18.1 Å².